The zero-order chi connectivity index (χ0) is 20.5. The van der Waals surface area contributed by atoms with E-state index in [4.69, 9.17) is 27.0 Å². The first-order chi connectivity index (χ1) is 14.0. The van der Waals surface area contributed by atoms with Crippen LogP contribution >= 0.6 is 11.6 Å². The lowest BCUT2D eigenvalue weighted by atomic mass is 10.0. The van der Waals surface area contributed by atoms with E-state index in [-0.39, 0.29) is 6.01 Å². The van der Waals surface area contributed by atoms with Gasteiger partial charge in [-0.3, -0.25) is 0 Å². The fourth-order valence-electron chi connectivity index (χ4n) is 3.23. The molecule has 0 spiro atoms. The highest BCUT2D eigenvalue weighted by Gasteiger charge is 2.15. The van der Waals surface area contributed by atoms with Gasteiger partial charge >= 0.3 is 6.01 Å². The predicted molar refractivity (Wildman–Crippen MR) is 110 cm³/mol. The van der Waals surface area contributed by atoms with Gasteiger partial charge in [0.2, 0.25) is 5.89 Å². The molecule has 0 aliphatic rings. The third kappa shape index (κ3) is 3.58. The monoisotopic (exact) mass is 404 g/mol. The number of benzene rings is 2. The molecule has 0 unspecified atom stereocenters. The maximum absolute atomic E-state index is 9.06. The summed E-state index contributed by atoms with van der Waals surface area (Å²) in [6.07, 6.45) is 0.730. The van der Waals surface area contributed by atoms with Crippen LogP contribution in [-0.2, 0) is 6.42 Å². The van der Waals surface area contributed by atoms with Crippen molar-refractivity contribution in [1.29, 1.82) is 5.26 Å². The maximum atomic E-state index is 9.06. The summed E-state index contributed by atoms with van der Waals surface area (Å²) < 4.78 is 7.11. The fourth-order valence-corrected chi connectivity index (χ4v) is 3.45. The largest absolute Gasteiger partial charge is 0.404 e. The van der Waals surface area contributed by atoms with Crippen LogP contribution in [0.1, 0.15) is 28.1 Å². The predicted octanol–water partition coefficient (Wildman–Crippen LogP) is 4.24. The highest BCUT2D eigenvalue weighted by molar-refractivity contribution is 6.31. The summed E-state index contributed by atoms with van der Waals surface area (Å²) in [5.41, 5.74) is 11.8. The molecule has 2 N–H and O–H groups in total. The van der Waals surface area contributed by atoms with Crippen molar-refractivity contribution in [1.82, 2.24) is 20.0 Å². The molecule has 0 saturated heterocycles. The molecule has 0 amide bonds. The van der Waals surface area contributed by atoms with Gasteiger partial charge < -0.3 is 10.2 Å². The Morgan fingerprint density at radius 1 is 1.14 bits per heavy atom. The minimum Gasteiger partial charge on any atom is -0.404 e. The Balaban J connectivity index is 1.62. The number of hydrogen-bond donors (Lipinski definition) is 1. The number of anilines is 1. The van der Waals surface area contributed by atoms with Crippen molar-refractivity contribution in [3.8, 4) is 23.2 Å². The van der Waals surface area contributed by atoms with Gasteiger partial charge in [-0.15, -0.1) is 5.10 Å². The lowest BCUT2D eigenvalue weighted by Gasteiger charge is -2.07. The number of halogens is 1. The van der Waals surface area contributed by atoms with Gasteiger partial charge in [-0.1, -0.05) is 28.8 Å². The third-order valence-electron chi connectivity index (χ3n) is 4.78. The lowest BCUT2D eigenvalue weighted by Crippen LogP contribution is -2.00. The Hall–Kier alpha value is -3.63. The van der Waals surface area contributed by atoms with Crippen LogP contribution < -0.4 is 5.73 Å². The first kappa shape index (κ1) is 18.7. The van der Waals surface area contributed by atoms with Crippen molar-refractivity contribution in [2.24, 2.45) is 0 Å². The summed E-state index contributed by atoms with van der Waals surface area (Å²) >= 11 is 6.19. The lowest BCUT2D eigenvalue weighted by molar-refractivity contribution is 0.590. The molecule has 0 aliphatic heterocycles. The first-order valence-electron chi connectivity index (χ1n) is 8.89. The van der Waals surface area contributed by atoms with Crippen molar-refractivity contribution < 1.29 is 4.42 Å². The SMILES string of the molecule is Cc1nn(-c2ccc(C#N)c(Cl)c2)c(C)c1Cc1ccc(-c2nnc(N)o2)cc1. The second-order valence-electron chi connectivity index (χ2n) is 6.66. The number of hydrogen-bond acceptors (Lipinski definition) is 6. The van der Waals surface area contributed by atoms with Gasteiger partial charge in [0.15, 0.2) is 0 Å². The standard InChI is InChI=1S/C21H17ClN6O/c1-12-18(9-14-3-5-15(6-4-14)20-25-26-21(24)29-20)13(2)28(27-12)17-8-7-16(11-23)19(22)10-17/h3-8,10H,9H2,1-2H3,(H2,24,26). The zero-order valence-electron chi connectivity index (χ0n) is 15.8. The minimum atomic E-state index is 0.0469. The molecule has 0 fully saturated rings. The van der Waals surface area contributed by atoms with Crippen LogP contribution in [0.5, 0.6) is 0 Å². The summed E-state index contributed by atoms with van der Waals surface area (Å²) in [7, 11) is 0. The number of aromatic nitrogens is 4. The highest BCUT2D eigenvalue weighted by Crippen LogP contribution is 2.25. The number of rotatable bonds is 4. The summed E-state index contributed by atoms with van der Waals surface area (Å²) in [6.45, 7) is 4.01. The molecule has 0 saturated carbocycles. The van der Waals surface area contributed by atoms with Gasteiger partial charge in [0.25, 0.3) is 0 Å². The van der Waals surface area contributed by atoms with Crippen LogP contribution in [-0.4, -0.2) is 20.0 Å². The van der Waals surface area contributed by atoms with Crippen LogP contribution in [0.2, 0.25) is 5.02 Å². The molecule has 0 bridgehead atoms. The van der Waals surface area contributed by atoms with Gasteiger partial charge in [0.1, 0.15) is 6.07 Å². The molecular formula is C21H17ClN6O. The highest BCUT2D eigenvalue weighted by atomic mass is 35.5. The molecule has 7 nitrogen and oxygen atoms in total. The fraction of sp³-hybridized carbons (Fsp3) is 0.143. The van der Waals surface area contributed by atoms with E-state index in [1.165, 1.54) is 0 Å². The van der Waals surface area contributed by atoms with E-state index in [9.17, 15) is 0 Å². The normalized spacial score (nSPS) is 10.8. The summed E-state index contributed by atoms with van der Waals surface area (Å²) in [5.74, 6) is 0.395. The van der Waals surface area contributed by atoms with E-state index in [0.29, 0.717) is 16.5 Å². The summed E-state index contributed by atoms with van der Waals surface area (Å²) in [5, 5.41) is 21.7. The van der Waals surface area contributed by atoms with E-state index in [0.717, 1.165) is 40.2 Å². The average Bonchev–Trinajstić information content (AvgIpc) is 3.27. The number of nitriles is 1. The number of aryl methyl sites for hydroxylation is 1. The van der Waals surface area contributed by atoms with E-state index in [1.54, 1.807) is 12.1 Å². The van der Waals surface area contributed by atoms with E-state index >= 15 is 0 Å². The Kier molecular flexibility index (Phi) is 4.79. The molecular weight excluding hydrogens is 388 g/mol. The molecule has 29 heavy (non-hydrogen) atoms. The van der Waals surface area contributed by atoms with E-state index in [2.05, 4.69) is 21.4 Å². The molecule has 0 radical (unpaired) electrons. The summed E-state index contributed by atoms with van der Waals surface area (Å²) in [4.78, 5) is 0. The molecule has 144 valence electrons. The van der Waals surface area contributed by atoms with Crippen molar-refractivity contribution in [2.45, 2.75) is 20.3 Å². The van der Waals surface area contributed by atoms with Gasteiger partial charge in [-0.05, 0) is 49.7 Å². The Morgan fingerprint density at radius 2 is 1.90 bits per heavy atom. The molecule has 4 aromatic rings. The van der Waals surface area contributed by atoms with Crippen molar-refractivity contribution in [3.05, 3.63) is 75.6 Å². The summed E-state index contributed by atoms with van der Waals surface area (Å²) in [6, 6.07) is 15.3. The van der Waals surface area contributed by atoms with Crippen LogP contribution in [0.25, 0.3) is 17.1 Å². The second-order valence-corrected chi connectivity index (χ2v) is 7.06. The number of nitrogens with two attached hydrogens (primary N) is 1. The van der Waals surface area contributed by atoms with Crippen LogP contribution in [0.3, 0.4) is 0 Å². The van der Waals surface area contributed by atoms with Crippen LogP contribution in [0, 0.1) is 25.2 Å². The Labute approximate surface area is 172 Å². The zero-order valence-corrected chi connectivity index (χ0v) is 16.6. The maximum Gasteiger partial charge on any atom is 0.313 e. The molecule has 2 aromatic carbocycles. The van der Waals surface area contributed by atoms with Crippen molar-refractivity contribution >= 4 is 17.6 Å². The molecule has 2 heterocycles. The number of nitrogen functional groups attached to an aromatic ring is 1. The van der Waals surface area contributed by atoms with E-state index in [1.807, 2.05) is 48.9 Å². The molecule has 0 atom stereocenters. The van der Waals surface area contributed by atoms with Gasteiger partial charge in [-0.25, -0.2) is 4.68 Å². The smallest absolute Gasteiger partial charge is 0.313 e. The van der Waals surface area contributed by atoms with Crippen LogP contribution in [0.4, 0.5) is 6.01 Å². The Bertz CT molecular complexity index is 1230. The molecule has 2 aromatic heterocycles. The molecule has 0 aliphatic carbocycles. The minimum absolute atomic E-state index is 0.0469. The molecule has 4 rings (SSSR count). The third-order valence-corrected chi connectivity index (χ3v) is 5.09. The van der Waals surface area contributed by atoms with Gasteiger partial charge in [0, 0.05) is 23.2 Å². The van der Waals surface area contributed by atoms with E-state index < -0.39 is 0 Å². The number of nitrogens with zero attached hydrogens (tertiary/aromatic N) is 5. The van der Waals surface area contributed by atoms with Crippen molar-refractivity contribution in [2.75, 3.05) is 5.73 Å². The topological polar surface area (TPSA) is 107 Å². The Morgan fingerprint density at radius 3 is 2.52 bits per heavy atom. The van der Waals surface area contributed by atoms with Crippen LogP contribution in [0.15, 0.2) is 46.9 Å². The molecule has 8 heteroatoms. The van der Waals surface area contributed by atoms with Gasteiger partial charge in [0.05, 0.1) is 22.0 Å². The van der Waals surface area contributed by atoms with Gasteiger partial charge in [-0.2, -0.15) is 10.4 Å². The second kappa shape index (κ2) is 7.41. The van der Waals surface area contributed by atoms with Crippen molar-refractivity contribution in [3.63, 3.8) is 0 Å². The quantitative estimate of drug-likeness (QED) is 0.545. The first-order valence-corrected chi connectivity index (χ1v) is 9.27. The average molecular weight is 405 g/mol.